The van der Waals surface area contributed by atoms with Crippen LogP contribution in [-0.4, -0.2) is 42.0 Å². The van der Waals surface area contributed by atoms with Gasteiger partial charge in [-0.3, -0.25) is 4.79 Å². The van der Waals surface area contributed by atoms with Gasteiger partial charge in [-0.1, -0.05) is 25.5 Å². The fraction of sp³-hybridized carbons (Fsp3) is 0.433. The quantitative estimate of drug-likeness (QED) is 0.272. The van der Waals surface area contributed by atoms with Gasteiger partial charge < -0.3 is 23.7 Å². The number of para-hydroxylation sites is 1. The molecule has 2 atom stereocenters. The van der Waals surface area contributed by atoms with Gasteiger partial charge in [0.05, 0.1) is 25.0 Å². The summed E-state index contributed by atoms with van der Waals surface area (Å²) < 4.78 is 29.2. The highest BCUT2D eigenvalue weighted by Crippen LogP contribution is 2.30. The van der Waals surface area contributed by atoms with Crippen LogP contribution in [0, 0.1) is 0 Å². The second-order valence-electron chi connectivity index (χ2n) is 9.27. The van der Waals surface area contributed by atoms with Crippen molar-refractivity contribution in [1.82, 2.24) is 9.97 Å². The first kappa shape index (κ1) is 27.4. The fourth-order valence-electron chi connectivity index (χ4n) is 4.48. The molecular weight excluding hydrogens is 484 g/mol. The lowest BCUT2D eigenvalue weighted by Crippen LogP contribution is -2.25. The zero-order valence-electron chi connectivity index (χ0n) is 22.4. The van der Waals surface area contributed by atoms with Gasteiger partial charge in [-0.2, -0.15) is 0 Å². The first-order valence-electron chi connectivity index (χ1n) is 13.2. The molecule has 1 unspecified atom stereocenters. The number of esters is 1. The number of carbonyl (C=O) groups is 1. The van der Waals surface area contributed by atoms with Crippen molar-refractivity contribution in [2.24, 2.45) is 0 Å². The maximum atomic E-state index is 11.7. The number of benzene rings is 2. The van der Waals surface area contributed by atoms with Crippen molar-refractivity contribution in [1.29, 1.82) is 0 Å². The van der Waals surface area contributed by atoms with Crippen molar-refractivity contribution in [3.05, 3.63) is 66.0 Å². The molecule has 0 bridgehead atoms. The largest absolute Gasteiger partial charge is 0.496 e. The van der Waals surface area contributed by atoms with E-state index in [1.807, 2.05) is 48.5 Å². The van der Waals surface area contributed by atoms with Crippen molar-refractivity contribution in [3.63, 3.8) is 0 Å². The monoisotopic (exact) mass is 520 g/mol. The first-order valence-corrected chi connectivity index (χ1v) is 13.2. The smallest absolute Gasteiger partial charge is 0.302 e. The summed E-state index contributed by atoms with van der Waals surface area (Å²) in [6, 6.07) is 15.2. The molecule has 0 amide bonds. The van der Waals surface area contributed by atoms with Crippen LogP contribution >= 0.6 is 0 Å². The number of methoxy groups -OCH3 is 1. The van der Waals surface area contributed by atoms with Crippen LogP contribution in [0.25, 0.3) is 11.4 Å². The van der Waals surface area contributed by atoms with Crippen molar-refractivity contribution in [2.75, 3.05) is 13.7 Å². The van der Waals surface area contributed by atoms with E-state index in [2.05, 4.69) is 11.9 Å². The van der Waals surface area contributed by atoms with E-state index in [0.29, 0.717) is 36.1 Å². The summed E-state index contributed by atoms with van der Waals surface area (Å²) >= 11 is 0. The topological polar surface area (TPSA) is 89.0 Å². The van der Waals surface area contributed by atoms with E-state index < -0.39 is 0 Å². The standard InChI is InChI=1S/C30H36N2O6/c1-4-9-24(37-21(2)33)18-22-19-25(38-29-12-7-8-17-35-29)13-14-27(22)36-20-23-15-16-31-30(32-23)26-10-5-6-11-28(26)34-3/h5-6,10-11,13-16,19,24,29H,4,7-9,12,17-18,20H2,1-3H3/t24-,29?/m1/s1. The van der Waals surface area contributed by atoms with Crippen molar-refractivity contribution < 1.29 is 28.5 Å². The number of hydrogen-bond acceptors (Lipinski definition) is 8. The van der Waals surface area contributed by atoms with Crippen LogP contribution in [0.1, 0.15) is 57.2 Å². The van der Waals surface area contributed by atoms with E-state index in [4.69, 9.17) is 28.7 Å². The van der Waals surface area contributed by atoms with E-state index in [-0.39, 0.29) is 25.0 Å². The predicted octanol–water partition coefficient (Wildman–Crippen LogP) is 5.91. The first-order chi connectivity index (χ1) is 18.6. The normalized spacial score (nSPS) is 15.9. The molecule has 0 radical (unpaired) electrons. The number of rotatable bonds is 12. The molecule has 1 fully saturated rings. The Labute approximate surface area is 224 Å². The second kappa shape index (κ2) is 13.8. The van der Waals surface area contributed by atoms with Gasteiger partial charge in [-0.25, -0.2) is 9.97 Å². The van der Waals surface area contributed by atoms with Crippen molar-refractivity contribution >= 4 is 5.97 Å². The Morgan fingerprint density at radius 3 is 2.76 bits per heavy atom. The Bertz CT molecular complexity index is 1190. The Morgan fingerprint density at radius 2 is 2.00 bits per heavy atom. The Hall–Kier alpha value is -3.65. The maximum absolute atomic E-state index is 11.7. The van der Waals surface area contributed by atoms with Crippen LogP contribution in [0.4, 0.5) is 0 Å². The van der Waals surface area contributed by atoms with Crippen molar-refractivity contribution in [2.45, 2.75) is 71.4 Å². The Kier molecular flexibility index (Phi) is 9.92. The highest BCUT2D eigenvalue weighted by atomic mass is 16.7. The number of carbonyl (C=O) groups excluding carboxylic acids is 1. The van der Waals surface area contributed by atoms with Gasteiger partial charge in [0, 0.05) is 31.5 Å². The highest BCUT2D eigenvalue weighted by molar-refractivity contribution is 5.66. The molecule has 1 saturated heterocycles. The SMILES string of the molecule is CCC[C@H](Cc1cc(OC2CCCCO2)ccc1OCc1ccnc(-c2ccccc2OC)n1)OC(C)=O. The van der Waals surface area contributed by atoms with E-state index in [0.717, 1.165) is 48.9 Å². The summed E-state index contributed by atoms with van der Waals surface area (Å²) in [6.45, 7) is 4.46. The van der Waals surface area contributed by atoms with Crippen LogP contribution in [-0.2, 0) is 27.3 Å². The lowest BCUT2D eigenvalue weighted by atomic mass is 10.0. The minimum Gasteiger partial charge on any atom is -0.496 e. The Balaban J connectivity index is 1.54. The van der Waals surface area contributed by atoms with E-state index >= 15 is 0 Å². The van der Waals surface area contributed by atoms with Crippen LogP contribution in [0.2, 0.25) is 0 Å². The summed E-state index contributed by atoms with van der Waals surface area (Å²) in [5.41, 5.74) is 2.44. The van der Waals surface area contributed by atoms with Crippen molar-refractivity contribution in [3.8, 4) is 28.6 Å². The van der Waals surface area contributed by atoms with Crippen LogP contribution in [0.5, 0.6) is 17.2 Å². The summed E-state index contributed by atoms with van der Waals surface area (Å²) in [6.07, 6.45) is 6.38. The lowest BCUT2D eigenvalue weighted by molar-refractivity contribution is -0.146. The summed E-state index contributed by atoms with van der Waals surface area (Å²) in [5, 5.41) is 0. The highest BCUT2D eigenvalue weighted by Gasteiger charge is 2.19. The molecule has 0 saturated carbocycles. The summed E-state index contributed by atoms with van der Waals surface area (Å²) in [4.78, 5) is 20.8. The minimum atomic E-state index is -0.293. The molecule has 2 heterocycles. The van der Waals surface area contributed by atoms with E-state index in [1.165, 1.54) is 6.92 Å². The molecule has 202 valence electrons. The van der Waals surface area contributed by atoms with E-state index in [9.17, 15) is 4.79 Å². The maximum Gasteiger partial charge on any atom is 0.302 e. The second-order valence-corrected chi connectivity index (χ2v) is 9.27. The predicted molar refractivity (Wildman–Crippen MR) is 143 cm³/mol. The third-order valence-electron chi connectivity index (χ3n) is 6.26. The molecule has 38 heavy (non-hydrogen) atoms. The van der Waals surface area contributed by atoms with E-state index in [1.54, 1.807) is 13.3 Å². The van der Waals surface area contributed by atoms with Gasteiger partial charge in [0.25, 0.3) is 0 Å². The molecule has 0 spiro atoms. The van der Waals surface area contributed by atoms with Gasteiger partial charge >= 0.3 is 5.97 Å². The van der Waals surface area contributed by atoms with Gasteiger partial charge in [0.2, 0.25) is 0 Å². The van der Waals surface area contributed by atoms with Gasteiger partial charge in [0.1, 0.15) is 30.0 Å². The zero-order chi connectivity index (χ0) is 26.7. The molecule has 1 aliphatic heterocycles. The minimum absolute atomic E-state index is 0.246. The zero-order valence-corrected chi connectivity index (χ0v) is 22.4. The lowest BCUT2D eigenvalue weighted by Gasteiger charge is -2.24. The molecule has 3 aromatic rings. The number of ether oxygens (including phenoxy) is 5. The Morgan fingerprint density at radius 1 is 1.13 bits per heavy atom. The molecule has 1 aromatic heterocycles. The third-order valence-corrected chi connectivity index (χ3v) is 6.26. The molecule has 8 heteroatoms. The molecule has 1 aliphatic rings. The van der Waals surface area contributed by atoms with Crippen LogP contribution in [0.3, 0.4) is 0 Å². The summed E-state index contributed by atoms with van der Waals surface area (Å²) in [7, 11) is 1.63. The summed E-state index contributed by atoms with van der Waals surface area (Å²) in [5.74, 6) is 2.37. The van der Waals surface area contributed by atoms with Gasteiger partial charge in [0.15, 0.2) is 12.1 Å². The average molecular weight is 521 g/mol. The molecule has 8 nitrogen and oxygen atoms in total. The van der Waals surface area contributed by atoms with Crippen LogP contribution < -0.4 is 14.2 Å². The fourth-order valence-corrected chi connectivity index (χ4v) is 4.48. The molecule has 2 aromatic carbocycles. The number of aromatic nitrogens is 2. The third kappa shape index (κ3) is 7.68. The number of nitrogens with zero attached hydrogens (tertiary/aromatic N) is 2. The molecule has 0 N–H and O–H groups in total. The van der Waals surface area contributed by atoms with Gasteiger partial charge in [-0.15, -0.1) is 0 Å². The molecule has 0 aliphatic carbocycles. The van der Waals surface area contributed by atoms with Crippen LogP contribution in [0.15, 0.2) is 54.7 Å². The molecular formula is C30H36N2O6. The average Bonchev–Trinajstić information content (AvgIpc) is 2.93. The van der Waals surface area contributed by atoms with Gasteiger partial charge in [-0.05, 0) is 55.7 Å². The molecule has 4 rings (SSSR count). The number of hydrogen-bond donors (Lipinski definition) is 0.